The smallest absolute Gasteiger partial charge is 0.367 e. The van der Waals surface area contributed by atoms with Crippen LogP contribution in [-0.4, -0.2) is 50.1 Å². The van der Waals surface area contributed by atoms with Gasteiger partial charge in [0.1, 0.15) is 6.10 Å². The number of ether oxygens (including phenoxy) is 1. The van der Waals surface area contributed by atoms with Gasteiger partial charge in [0.2, 0.25) is 5.95 Å². The molecule has 208 valence electrons. The fourth-order valence-electron chi connectivity index (χ4n) is 6.66. The summed E-state index contributed by atoms with van der Waals surface area (Å²) in [5.74, 6) is 0.240. The lowest BCUT2D eigenvalue weighted by Gasteiger charge is -2.70. The molecule has 8 rings (SSSR count). The maximum Gasteiger partial charge on any atom is 0.418 e. The molecule has 0 N–H and O–H groups in total. The number of anilines is 1. The molecule has 39 heavy (non-hydrogen) atoms. The van der Waals surface area contributed by atoms with Gasteiger partial charge in [-0.05, 0) is 52.0 Å². The van der Waals surface area contributed by atoms with Crippen LogP contribution in [0, 0.1) is 12.3 Å². The summed E-state index contributed by atoms with van der Waals surface area (Å²) < 4.78 is 90.3. The molecule has 0 aromatic carbocycles. The second-order valence-corrected chi connectivity index (χ2v) is 11.8. The average molecular weight is 553 g/mol. The van der Waals surface area contributed by atoms with Crippen molar-refractivity contribution < 1.29 is 31.1 Å². The van der Waals surface area contributed by atoms with E-state index in [2.05, 4.69) is 15.1 Å². The molecular weight excluding hydrogens is 526 g/mol. The molecular formula is C26H26F6N6O. The van der Waals surface area contributed by atoms with Crippen molar-refractivity contribution in [1.82, 2.24) is 24.7 Å². The van der Waals surface area contributed by atoms with Gasteiger partial charge < -0.3 is 9.64 Å². The van der Waals surface area contributed by atoms with Gasteiger partial charge in [0.05, 0.1) is 47.3 Å². The van der Waals surface area contributed by atoms with Crippen LogP contribution in [0.15, 0.2) is 18.5 Å². The van der Waals surface area contributed by atoms with Gasteiger partial charge in [-0.3, -0.25) is 4.68 Å². The Balaban J connectivity index is 1.29. The molecule has 2 unspecified atom stereocenters. The Kier molecular flexibility index (Phi) is 5.02. The summed E-state index contributed by atoms with van der Waals surface area (Å²) in [6, 6.07) is 1.36. The molecule has 13 heteroatoms. The first kappa shape index (κ1) is 25.0. The Morgan fingerprint density at radius 3 is 2.36 bits per heavy atom. The number of alkyl halides is 6. The van der Waals surface area contributed by atoms with Crippen LogP contribution in [-0.2, 0) is 16.3 Å². The van der Waals surface area contributed by atoms with E-state index in [1.165, 1.54) is 6.92 Å². The summed E-state index contributed by atoms with van der Waals surface area (Å²) >= 11 is 0. The third kappa shape index (κ3) is 3.82. The number of morpholine rings is 1. The van der Waals surface area contributed by atoms with Crippen molar-refractivity contribution in [2.75, 3.05) is 18.0 Å². The maximum atomic E-state index is 13.7. The summed E-state index contributed by atoms with van der Waals surface area (Å²) in [5, 5.41) is 4.51. The first-order valence-corrected chi connectivity index (χ1v) is 13.1. The van der Waals surface area contributed by atoms with E-state index in [1.807, 2.05) is 22.7 Å². The van der Waals surface area contributed by atoms with Crippen LogP contribution < -0.4 is 4.90 Å². The van der Waals surface area contributed by atoms with E-state index >= 15 is 0 Å². The fourth-order valence-corrected chi connectivity index (χ4v) is 6.66. The Morgan fingerprint density at radius 2 is 1.72 bits per heavy atom. The molecule has 0 spiro atoms. The zero-order chi connectivity index (χ0) is 27.5. The highest BCUT2D eigenvalue weighted by Crippen LogP contribution is 2.78. The minimum atomic E-state index is -4.66. The lowest BCUT2D eigenvalue weighted by atomic mass is 9.33. The van der Waals surface area contributed by atoms with Crippen molar-refractivity contribution in [2.45, 2.75) is 82.0 Å². The van der Waals surface area contributed by atoms with Gasteiger partial charge in [-0.15, -0.1) is 0 Å². The fraction of sp³-hybridized carbons (Fsp3) is 0.615. The first-order chi connectivity index (χ1) is 18.3. The van der Waals surface area contributed by atoms with E-state index < -0.39 is 28.7 Å². The summed E-state index contributed by atoms with van der Waals surface area (Å²) in [7, 11) is 0. The number of pyridine rings is 1. The second kappa shape index (κ2) is 7.82. The van der Waals surface area contributed by atoms with Gasteiger partial charge >= 0.3 is 12.4 Å². The lowest BCUT2D eigenvalue weighted by Crippen LogP contribution is -2.70. The molecule has 3 aromatic rings. The van der Waals surface area contributed by atoms with Crippen LogP contribution in [0.1, 0.15) is 73.7 Å². The number of halogens is 6. The summed E-state index contributed by atoms with van der Waals surface area (Å²) in [6.07, 6.45) is -4.23. The predicted octanol–water partition coefficient (Wildman–Crippen LogP) is 5.83. The van der Waals surface area contributed by atoms with Crippen LogP contribution >= 0.6 is 0 Å². The summed E-state index contributed by atoms with van der Waals surface area (Å²) in [5.41, 5.74) is -2.71. The average Bonchev–Trinajstić information content (AvgIpc) is 3.50. The molecule has 3 aromatic heterocycles. The summed E-state index contributed by atoms with van der Waals surface area (Å²) in [4.78, 5) is 15.3. The van der Waals surface area contributed by atoms with Crippen LogP contribution in [0.4, 0.5) is 32.3 Å². The molecule has 5 fully saturated rings. The van der Waals surface area contributed by atoms with Crippen molar-refractivity contribution >= 4 is 17.0 Å². The van der Waals surface area contributed by atoms with Crippen LogP contribution in [0.2, 0.25) is 0 Å². The molecule has 4 aliphatic carbocycles. The van der Waals surface area contributed by atoms with E-state index in [9.17, 15) is 26.3 Å². The topological polar surface area (TPSA) is 69.0 Å². The number of fused-ring (bicyclic) bond motifs is 1. The molecule has 0 amide bonds. The van der Waals surface area contributed by atoms with Gasteiger partial charge in [0.15, 0.2) is 5.65 Å². The molecule has 4 heterocycles. The van der Waals surface area contributed by atoms with Gasteiger partial charge in [-0.25, -0.2) is 9.97 Å². The normalized spacial score (nSPS) is 30.8. The highest BCUT2D eigenvalue weighted by molar-refractivity contribution is 5.82. The van der Waals surface area contributed by atoms with E-state index in [-0.39, 0.29) is 59.8 Å². The van der Waals surface area contributed by atoms with Gasteiger partial charge in [-0.2, -0.15) is 36.4 Å². The zero-order valence-corrected chi connectivity index (χ0v) is 21.3. The predicted molar refractivity (Wildman–Crippen MR) is 127 cm³/mol. The Hall–Kier alpha value is -2.96. The Bertz CT molecular complexity index is 1460. The highest BCUT2D eigenvalue weighted by atomic mass is 19.4. The standard InChI is InChI=1S/C26H26F6N6O/c1-13-7-37(9-19(39-13)15-6-33-38(8-15)16-3-4-16)22-35-20(23-10-24(11-23,12-23)26(30,31)32)17-5-18(25(27,28)29)14(2)34-21(17)36-22/h5-6,8,13,16,19H,3-4,7,9-12H2,1-2H3. The van der Waals surface area contributed by atoms with E-state index in [4.69, 9.17) is 9.72 Å². The van der Waals surface area contributed by atoms with Gasteiger partial charge in [-0.1, -0.05) is 0 Å². The molecule has 0 radical (unpaired) electrons. The number of rotatable bonds is 4. The second-order valence-electron chi connectivity index (χ2n) is 11.8. The first-order valence-electron chi connectivity index (χ1n) is 13.1. The largest absolute Gasteiger partial charge is 0.418 e. The summed E-state index contributed by atoms with van der Waals surface area (Å²) in [6.45, 7) is 3.94. The SMILES string of the molecule is Cc1nc2nc(N3CC(C)OC(c4cnn(C5CC5)c4)C3)nc(C34CC(C(F)(F)F)(C3)C4)c2cc1C(F)(F)F. The van der Waals surface area contributed by atoms with Crippen molar-refractivity contribution in [3.8, 4) is 0 Å². The third-order valence-corrected chi connectivity index (χ3v) is 8.76. The van der Waals surface area contributed by atoms with E-state index in [1.54, 1.807) is 6.20 Å². The minimum absolute atomic E-state index is 0.0588. The molecule has 4 saturated carbocycles. The number of aryl methyl sites for hydroxylation is 1. The monoisotopic (exact) mass is 552 g/mol. The molecule has 2 bridgehead atoms. The molecule has 1 aliphatic heterocycles. The van der Waals surface area contributed by atoms with Crippen LogP contribution in [0.3, 0.4) is 0 Å². The minimum Gasteiger partial charge on any atom is -0.367 e. The van der Waals surface area contributed by atoms with Crippen molar-refractivity contribution in [3.63, 3.8) is 0 Å². The number of hydrogen-bond donors (Lipinski definition) is 0. The maximum absolute atomic E-state index is 13.7. The number of aromatic nitrogens is 5. The quantitative estimate of drug-likeness (QED) is 0.379. The molecule has 5 aliphatic rings. The molecule has 2 atom stereocenters. The van der Waals surface area contributed by atoms with Crippen LogP contribution in [0.25, 0.3) is 11.0 Å². The lowest BCUT2D eigenvalue weighted by molar-refractivity contribution is -0.337. The Morgan fingerprint density at radius 1 is 1.00 bits per heavy atom. The van der Waals surface area contributed by atoms with E-state index in [0.29, 0.717) is 19.1 Å². The Labute approximate surface area is 219 Å². The van der Waals surface area contributed by atoms with E-state index in [0.717, 1.165) is 24.5 Å². The number of nitrogens with zero attached hydrogens (tertiary/aromatic N) is 6. The molecule has 7 nitrogen and oxygen atoms in total. The highest BCUT2D eigenvalue weighted by Gasteiger charge is 2.79. The van der Waals surface area contributed by atoms with Crippen molar-refractivity contribution in [2.24, 2.45) is 5.41 Å². The van der Waals surface area contributed by atoms with Gasteiger partial charge in [0, 0.05) is 29.1 Å². The van der Waals surface area contributed by atoms with Gasteiger partial charge in [0.25, 0.3) is 0 Å². The third-order valence-electron chi connectivity index (χ3n) is 8.76. The van der Waals surface area contributed by atoms with Crippen molar-refractivity contribution in [1.29, 1.82) is 0 Å². The van der Waals surface area contributed by atoms with Crippen LogP contribution in [0.5, 0.6) is 0 Å². The zero-order valence-electron chi connectivity index (χ0n) is 21.3. The van der Waals surface area contributed by atoms with Crippen molar-refractivity contribution in [3.05, 3.63) is 41.0 Å². The number of hydrogen-bond acceptors (Lipinski definition) is 6. The molecule has 1 saturated heterocycles.